The lowest BCUT2D eigenvalue weighted by Crippen LogP contribution is -2.39. The van der Waals surface area contributed by atoms with Gasteiger partial charge in [0.2, 0.25) is 0 Å². The topological polar surface area (TPSA) is 32.8 Å². The minimum atomic E-state index is -0.0418. The predicted molar refractivity (Wildman–Crippen MR) is 128 cm³/mol. The number of carbonyl (C=O) groups is 1. The molecule has 0 N–H and O–H groups in total. The van der Waals surface area contributed by atoms with Gasteiger partial charge in [0, 0.05) is 38.3 Å². The van der Waals surface area contributed by atoms with Gasteiger partial charge < -0.3 is 9.64 Å². The average Bonchev–Trinajstić information content (AvgIpc) is 2.80. The maximum Gasteiger partial charge on any atom is 0.323 e. The third-order valence-corrected chi connectivity index (χ3v) is 5.77. The van der Waals surface area contributed by atoms with Gasteiger partial charge in [-0.05, 0) is 43.5 Å². The van der Waals surface area contributed by atoms with E-state index in [1.807, 2.05) is 31.3 Å². The molecule has 0 spiro atoms. The normalized spacial score (nSPS) is 10.8. The molecule has 0 aliphatic rings. The van der Waals surface area contributed by atoms with Crippen LogP contribution in [0.5, 0.6) is 5.75 Å². The van der Waals surface area contributed by atoms with Gasteiger partial charge in [0.15, 0.2) is 0 Å². The first-order valence-electron chi connectivity index (χ1n) is 10.6. The predicted octanol–water partition coefficient (Wildman–Crippen LogP) is 6.02. The second-order valence-corrected chi connectivity index (χ2v) is 8.13. The number of ether oxygens (including phenoxy) is 1. The van der Waals surface area contributed by atoms with E-state index in [1.165, 1.54) is 22.3 Å². The van der Waals surface area contributed by atoms with Crippen LogP contribution in [-0.4, -0.2) is 38.7 Å². The summed E-state index contributed by atoms with van der Waals surface area (Å²) >= 11 is 0. The van der Waals surface area contributed by atoms with E-state index < -0.39 is 0 Å². The van der Waals surface area contributed by atoms with E-state index in [4.69, 9.17) is 4.74 Å². The Bertz CT molecular complexity index is 951. The van der Waals surface area contributed by atoms with Crippen LogP contribution in [0.4, 0.5) is 10.5 Å². The Morgan fingerprint density at radius 3 is 1.94 bits per heavy atom. The van der Waals surface area contributed by atoms with Crippen molar-refractivity contribution in [2.45, 2.75) is 26.2 Å². The van der Waals surface area contributed by atoms with Crippen LogP contribution in [0.15, 0.2) is 72.8 Å². The van der Waals surface area contributed by atoms with Crippen LogP contribution in [0.3, 0.4) is 0 Å². The number of anilines is 1. The van der Waals surface area contributed by atoms with Crippen molar-refractivity contribution in [3.05, 3.63) is 95.1 Å². The molecule has 0 fully saturated rings. The van der Waals surface area contributed by atoms with Gasteiger partial charge in [-0.3, -0.25) is 4.90 Å². The summed E-state index contributed by atoms with van der Waals surface area (Å²) in [6, 6.07) is 24.9. The summed E-state index contributed by atoms with van der Waals surface area (Å²) in [5.74, 6) is 0.970. The molecule has 0 saturated carbocycles. The fraction of sp³-hybridized carbons (Fsp3) is 0.296. The van der Waals surface area contributed by atoms with E-state index in [0.717, 1.165) is 17.9 Å². The van der Waals surface area contributed by atoms with Gasteiger partial charge in [-0.15, -0.1) is 0 Å². The molecule has 31 heavy (non-hydrogen) atoms. The molecule has 0 saturated heterocycles. The highest BCUT2D eigenvalue weighted by atomic mass is 16.5. The number of amides is 2. The van der Waals surface area contributed by atoms with E-state index in [0.29, 0.717) is 6.54 Å². The molecule has 3 aromatic rings. The SMILES string of the molecule is COc1cccc(N(C)C(=O)N(C)CCC(c2ccc(C)cc2)c2ccc(C)cc2)c1. The van der Waals surface area contributed by atoms with Crippen molar-refractivity contribution >= 4 is 11.7 Å². The first kappa shape index (κ1) is 22.4. The molecule has 2 amide bonds. The summed E-state index contributed by atoms with van der Waals surface area (Å²) in [7, 11) is 5.29. The molecule has 4 nitrogen and oxygen atoms in total. The lowest BCUT2D eigenvalue weighted by Gasteiger charge is -2.27. The summed E-state index contributed by atoms with van der Waals surface area (Å²) in [5.41, 5.74) is 5.86. The van der Waals surface area contributed by atoms with Gasteiger partial charge in [0.1, 0.15) is 5.75 Å². The third-order valence-electron chi connectivity index (χ3n) is 5.77. The van der Waals surface area contributed by atoms with Crippen molar-refractivity contribution in [1.29, 1.82) is 0 Å². The zero-order chi connectivity index (χ0) is 22.4. The van der Waals surface area contributed by atoms with Crippen molar-refractivity contribution in [2.24, 2.45) is 0 Å². The van der Waals surface area contributed by atoms with Crippen molar-refractivity contribution in [2.75, 3.05) is 32.6 Å². The minimum absolute atomic E-state index is 0.0418. The summed E-state index contributed by atoms with van der Waals surface area (Å²) in [6.45, 7) is 4.86. The lowest BCUT2D eigenvalue weighted by molar-refractivity contribution is 0.215. The fourth-order valence-electron chi connectivity index (χ4n) is 3.73. The highest BCUT2D eigenvalue weighted by Crippen LogP contribution is 2.29. The van der Waals surface area contributed by atoms with Gasteiger partial charge in [0.25, 0.3) is 0 Å². The van der Waals surface area contributed by atoms with Gasteiger partial charge in [-0.25, -0.2) is 4.79 Å². The summed E-state index contributed by atoms with van der Waals surface area (Å²) in [5, 5.41) is 0. The number of carbonyl (C=O) groups excluding carboxylic acids is 1. The summed E-state index contributed by atoms with van der Waals surface area (Å²) in [6.07, 6.45) is 0.848. The Balaban J connectivity index is 1.74. The van der Waals surface area contributed by atoms with Crippen LogP contribution in [0.1, 0.15) is 34.6 Å². The summed E-state index contributed by atoms with van der Waals surface area (Å²) < 4.78 is 5.29. The number of urea groups is 1. The quantitative estimate of drug-likeness (QED) is 0.472. The molecule has 0 atom stereocenters. The highest BCUT2D eigenvalue weighted by molar-refractivity contribution is 5.91. The fourth-order valence-corrected chi connectivity index (χ4v) is 3.73. The van der Waals surface area contributed by atoms with E-state index >= 15 is 0 Å². The van der Waals surface area contributed by atoms with E-state index in [1.54, 1.807) is 24.0 Å². The van der Waals surface area contributed by atoms with Crippen molar-refractivity contribution in [1.82, 2.24) is 4.90 Å². The molecule has 3 aromatic carbocycles. The Labute approximate surface area is 186 Å². The molecular formula is C27H32N2O2. The van der Waals surface area contributed by atoms with E-state index in [-0.39, 0.29) is 11.9 Å². The maximum absolute atomic E-state index is 13.0. The van der Waals surface area contributed by atoms with Crippen molar-refractivity contribution in [3.63, 3.8) is 0 Å². The molecule has 0 aliphatic heterocycles. The second-order valence-electron chi connectivity index (χ2n) is 8.13. The first-order chi connectivity index (χ1) is 14.9. The molecule has 4 heteroatoms. The van der Waals surface area contributed by atoms with Gasteiger partial charge in [-0.2, -0.15) is 0 Å². The van der Waals surface area contributed by atoms with E-state index in [2.05, 4.69) is 62.4 Å². The Morgan fingerprint density at radius 1 is 0.871 bits per heavy atom. The number of aryl methyl sites for hydroxylation is 2. The van der Waals surface area contributed by atoms with Crippen LogP contribution in [0.25, 0.3) is 0 Å². The number of hydrogen-bond acceptors (Lipinski definition) is 2. The lowest BCUT2D eigenvalue weighted by atomic mass is 9.87. The smallest absolute Gasteiger partial charge is 0.323 e. The van der Waals surface area contributed by atoms with Gasteiger partial charge >= 0.3 is 6.03 Å². The molecule has 0 aromatic heterocycles. The molecule has 0 bridgehead atoms. The van der Waals surface area contributed by atoms with Crippen molar-refractivity contribution in [3.8, 4) is 5.75 Å². The Kier molecular flexibility index (Phi) is 7.35. The van der Waals surface area contributed by atoms with Crippen LogP contribution in [0, 0.1) is 13.8 Å². The zero-order valence-electron chi connectivity index (χ0n) is 19.1. The molecule has 0 radical (unpaired) electrons. The molecule has 162 valence electrons. The van der Waals surface area contributed by atoms with Crippen LogP contribution >= 0.6 is 0 Å². The minimum Gasteiger partial charge on any atom is -0.497 e. The molecular weight excluding hydrogens is 384 g/mol. The van der Waals surface area contributed by atoms with Crippen LogP contribution in [-0.2, 0) is 0 Å². The van der Waals surface area contributed by atoms with E-state index in [9.17, 15) is 4.79 Å². The Morgan fingerprint density at radius 2 is 1.42 bits per heavy atom. The summed E-state index contributed by atoms with van der Waals surface area (Å²) in [4.78, 5) is 16.5. The van der Waals surface area contributed by atoms with Crippen LogP contribution < -0.4 is 9.64 Å². The third kappa shape index (κ3) is 5.66. The van der Waals surface area contributed by atoms with Gasteiger partial charge in [-0.1, -0.05) is 65.7 Å². The standard InChI is InChI=1S/C27H32N2O2/c1-20-9-13-22(14-10-20)26(23-15-11-21(2)12-16-23)17-18-28(3)27(30)29(4)24-7-6-8-25(19-24)31-5/h6-16,19,26H,17-18H2,1-5H3. The number of hydrogen-bond donors (Lipinski definition) is 0. The maximum atomic E-state index is 13.0. The Hall–Kier alpha value is -3.27. The average molecular weight is 417 g/mol. The molecule has 0 heterocycles. The first-order valence-corrected chi connectivity index (χ1v) is 10.6. The number of benzene rings is 3. The number of nitrogens with zero attached hydrogens (tertiary/aromatic N) is 2. The van der Waals surface area contributed by atoms with Crippen LogP contribution in [0.2, 0.25) is 0 Å². The number of rotatable bonds is 7. The molecule has 0 unspecified atom stereocenters. The highest BCUT2D eigenvalue weighted by Gasteiger charge is 2.20. The van der Waals surface area contributed by atoms with Gasteiger partial charge in [0.05, 0.1) is 7.11 Å². The number of methoxy groups -OCH3 is 1. The molecule has 0 aliphatic carbocycles. The van der Waals surface area contributed by atoms with Crippen molar-refractivity contribution < 1.29 is 9.53 Å². The zero-order valence-corrected chi connectivity index (χ0v) is 19.1. The second kappa shape index (κ2) is 10.2. The molecule has 3 rings (SSSR count). The largest absolute Gasteiger partial charge is 0.497 e. The monoisotopic (exact) mass is 416 g/mol.